The average Bonchev–Trinajstić information content (AvgIpc) is 2.68. The summed E-state index contributed by atoms with van der Waals surface area (Å²) in [7, 11) is 0. The van der Waals surface area contributed by atoms with Crippen LogP contribution in [0.25, 0.3) is 5.57 Å². The molecule has 0 N–H and O–H groups in total. The van der Waals surface area contributed by atoms with Gasteiger partial charge in [-0.1, -0.05) is 36.4 Å². The maximum absolute atomic E-state index is 2.62. The van der Waals surface area contributed by atoms with Crippen molar-refractivity contribution in [2.75, 3.05) is 0 Å². The Morgan fingerprint density at radius 2 is 1.80 bits per heavy atom. The smallest absolute Gasteiger partial charge is 0.00908 e. The highest BCUT2D eigenvalue weighted by molar-refractivity contribution is 5.74. The largest absolute Gasteiger partial charge is 0.0767 e. The van der Waals surface area contributed by atoms with Gasteiger partial charge in [0.25, 0.3) is 0 Å². The van der Waals surface area contributed by atoms with Crippen molar-refractivity contribution in [2.45, 2.75) is 6.42 Å². The van der Waals surface area contributed by atoms with Crippen molar-refractivity contribution < 1.29 is 0 Å². The third-order valence-corrected chi connectivity index (χ3v) is 5.49. The van der Waals surface area contributed by atoms with Gasteiger partial charge in [-0.15, -0.1) is 0 Å². The summed E-state index contributed by atoms with van der Waals surface area (Å²) in [6.45, 7) is 0. The van der Waals surface area contributed by atoms with Crippen LogP contribution in [0.5, 0.6) is 0 Å². The zero-order valence-corrected chi connectivity index (χ0v) is 8.64. The van der Waals surface area contributed by atoms with Gasteiger partial charge in [-0.3, -0.25) is 0 Å². The molecule has 0 amide bonds. The lowest BCUT2D eigenvalue weighted by Gasteiger charge is -2.14. The highest BCUT2D eigenvalue weighted by atomic mass is 14.8. The first kappa shape index (κ1) is 7.27. The molecule has 0 nitrogen and oxygen atoms in total. The van der Waals surface area contributed by atoms with Crippen molar-refractivity contribution in [3.63, 3.8) is 0 Å². The number of allylic oxidation sites excluding steroid dienone is 2. The standard InChI is InChI=1S/C15H14/c1-2-4-8(5-3-1)9-6-10-11-7-12-14(10)15(12)13(9)11/h1-6,10-15H,7H2/t10-,11-,12+,13+,14?,15?/m0/s1. The second-order valence-electron chi connectivity index (χ2n) is 5.81. The quantitative estimate of drug-likeness (QED) is 0.644. The lowest BCUT2D eigenvalue weighted by molar-refractivity contribution is 0.476. The molecule has 0 heteroatoms. The summed E-state index contributed by atoms with van der Waals surface area (Å²) in [6.07, 6.45) is 4.18. The number of hydrogen-bond donors (Lipinski definition) is 0. The SMILES string of the molecule is C1=C(c2ccccc2)[C@H]2C3C4[C@H]3C[C@H]2[C@H]14. The van der Waals surface area contributed by atoms with Crippen molar-refractivity contribution in [3.8, 4) is 0 Å². The molecule has 6 rings (SSSR count). The monoisotopic (exact) mass is 194 g/mol. The van der Waals surface area contributed by atoms with Gasteiger partial charge in [-0.25, -0.2) is 0 Å². The molecular weight excluding hydrogens is 180 g/mol. The molecule has 4 saturated carbocycles. The van der Waals surface area contributed by atoms with E-state index in [2.05, 4.69) is 36.4 Å². The highest BCUT2D eigenvalue weighted by Crippen LogP contribution is 2.81. The zero-order chi connectivity index (χ0) is 9.57. The summed E-state index contributed by atoms with van der Waals surface area (Å²) >= 11 is 0. The van der Waals surface area contributed by atoms with Gasteiger partial charge in [0.15, 0.2) is 0 Å². The van der Waals surface area contributed by atoms with E-state index >= 15 is 0 Å². The van der Waals surface area contributed by atoms with Crippen LogP contribution < -0.4 is 0 Å². The second kappa shape index (κ2) is 2.07. The topological polar surface area (TPSA) is 0 Å². The summed E-state index contributed by atoms with van der Waals surface area (Å²) in [5.41, 5.74) is 3.20. The van der Waals surface area contributed by atoms with E-state index < -0.39 is 0 Å². The lowest BCUT2D eigenvalue weighted by Crippen LogP contribution is -2.04. The molecule has 6 bridgehead atoms. The predicted molar refractivity (Wildman–Crippen MR) is 60.0 cm³/mol. The molecule has 6 atom stereocenters. The van der Waals surface area contributed by atoms with Gasteiger partial charge in [0, 0.05) is 0 Å². The first-order chi connectivity index (χ1) is 7.45. The molecule has 0 spiro atoms. The van der Waals surface area contributed by atoms with E-state index in [1.165, 1.54) is 5.56 Å². The molecule has 0 saturated heterocycles. The van der Waals surface area contributed by atoms with E-state index in [9.17, 15) is 0 Å². The van der Waals surface area contributed by atoms with Gasteiger partial charge in [-0.05, 0) is 53.1 Å². The van der Waals surface area contributed by atoms with Crippen molar-refractivity contribution in [2.24, 2.45) is 35.5 Å². The Bertz CT molecular complexity index is 470. The van der Waals surface area contributed by atoms with Gasteiger partial charge in [0.2, 0.25) is 0 Å². The molecular formula is C15H14. The summed E-state index contributed by atoms with van der Waals surface area (Å²) in [5.74, 6) is 6.39. The number of benzene rings is 1. The minimum absolute atomic E-state index is 0.965. The van der Waals surface area contributed by atoms with Crippen LogP contribution in [0.3, 0.4) is 0 Å². The van der Waals surface area contributed by atoms with Crippen LogP contribution in [0, 0.1) is 35.5 Å². The van der Waals surface area contributed by atoms with Crippen LogP contribution >= 0.6 is 0 Å². The predicted octanol–water partition coefficient (Wildman–Crippen LogP) is 3.21. The molecule has 1 aromatic rings. The van der Waals surface area contributed by atoms with E-state index in [1.54, 1.807) is 12.0 Å². The molecule has 0 heterocycles. The fourth-order valence-electron chi connectivity index (χ4n) is 5.13. The lowest BCUT2D eigenvalue weighted by atomic mass is 9.90. The highest BCUT2D eigenvalue weighted by Gasteiger charge is 2.75. The fraction of sp³-hybridized carbons (Fsp3) is 0.467. The van der Waals surface area contributed by atoms with E-state index in [0.717, 1.165) is 35.5 Å². The Kier molecular flexibility index (Phi) is 1.00. The molecule has 15 heavy (non-hydrogen) atoms. The van der Waals surface area contributed by atoms with E-state index in [-0.39, 0.29) is 0 Å². The van der Waals surface area contributed by atoms with Gasteiger partial charge in [0.05, 0.1) is 0 Å². The molecule has 0 radical (unpaired) electrons. The molecule has 2 unspecified atom stereocenters. The normalized spacial score (nSPS) is 52.1. The van der Waals surface area contributed by atoms with Crippen molar-refractivity contribution >= 4 is 5.57 Å². The van der Waals surface area contributed by atoms with Crippen molar-refractivity contribution in [3.05, 3.63) is 42.0 Å². The van der Waals surface area contributed by atoms with Gasteiger partial charge < -0.3 is 0 Å². The maximum atomic E-state index is 2.62. The summed E-state index contributed by atoms with van der Waals surface area (Å²) < 4.78 is 0. The molecule has 74 valence electrons. The Balaban J connectivity index is 1.66. The molecule has 0 aliphatic heterocycles. The van der Waals surface area contributed by atoms with Crippen LogP contribution in [0.1, 0.15) is 12.0 Å². The Hall–Kier alpha value is -1.04. The first-order valence-corrected chi connectivity index (χ1v) is 6.22. The van der Waals surface area contributed by atoms with Gasteiger partial charge in [0.1, 0.15) is 0 Å². The van der Waals surface area contributed by atoms with Gasteiger partial charge >= 0.3 is 0 Å². The Labute approximate surface area is 90.0 Å². The molecule has 1 aromatic carbocycles. The molecule has 5 aliphatic rings. The van der Waals surface area contributed by atoms with E-state index in [4.69, 9.17) is 0 Å². The summed E-state index contributed by atoms with van der Waals surface area (Å²) in [4.78, 5) is 0. The van der Waals surface area contributed by atoms with Crippen LogP contribution in [-0.4, -0.2) is 0 Å². The van der Waals surface area contributed by atoms with Crippen LogP contribution in [-0.2, 0) is 0 Å². The maximum Gasteiger partial charge on any atom is -0.00908 e. The van der Waals surface area contributed by atoms with Gasteiger partial charge in [-0.2, -0.15) is 0 Å². The minimum Gasteiger partial charge on any atom is -0.0767 e. The van der Waals surface area contributed by atoms with Crippen molar-refractivity contribution in [1.82, 2.24) is 0 Å². The van der Waals surface area contributed by atoms with Crippen molar-refractivity contribution in [1.29, 1.82) is 0 Å². The third kappa shape index (κ3) is 0.649. The van der Waals surface area contributed by atoms with Crippen LogP contribution in [0.15, 0.2) is 36.4 Å². The average molecular weight is 194 g/mol. The zero-order valence-electron chi connectivity index (χ0n) is 8.64. The molecule has 0 aromatic heterocycles. The van der Waals surface area contributed by atoms with Crippen LogP contribution in [0.2, 0.25) is 0 Å². The van der Waals surface area contributed by atoms with E-state index in [1.807, 2.05) is 0 Å². The minimum atomic E-state index is 0.965. The fourth-order valence-corrected chi connectivity index (χ4v) is 5.13. The van der Waals surface area contributed by atoms with Crippen LogP contribution in [0.4, 0.5) is 0 Å². The third-order valence-electron chi connectivity index (χ3n) is 5.49. The van der Waals surface area contributed by atoms with E-state index in [0.29, 0.717) is 0 Å². The second-order valence-corrected chi connectivity index (χ2v) is 5.81. The number of hydrogen-bond acceptors (Lipinski definition) is 0. The Morgan fingerprint density at radius 3 is 2.47 bits per heavy atom. The Morgan fingerprint density at radius 1 is 0.933 bits per heavy atom. The summed E-state index contributed by atoms with van der Waals surface area (Å²) in [5, 5.41) is 0. The molecule has 4 fully saturated rings. The summed E-state index contributed by atoms with van der Waals surface area (Å²) in [6, 6.07) is 11.1. The number of rotatable bonds is 1. The first-order valence-electron chi connectivity index (χ1n) is 6.22. The molecule has 5 aliphatic carbocycles.